The van der Waals surface area contributed by atoms with Crippen molar-refractivity contribution in [3.05, 3.63) is 63.0 Å². The molecule has 0 aliphatic rings. The van der Waals surface area contributed by atoms with Crippen LogP contribution in [0.5, 0.6) is 11.5 Å². The van der Waals surface area contributed by atoms with E-state index >= 15 is 0 Å². The summed E-state index contributed by atoms with van der Waals surface area (Å²) in [6, 6.07) is 8.35. The standard InChI is InChI=1S/C17H16N4O4S/c1-24-12-4-3-10(7-13(12)25-2)8-15-20-21-17(26-15)19-16(23)11-5-6-18-14(22)9-11/h3-7,9H,8H2,1-2H3,(H,18,22)(H,19,21,23). The van der Waals surface area contributed by atoms with Crippen molar-refractivity contribution in [2.24, 2.45) is 0 Å². The Hall–Kier alpha value is -3.20. The van der Waals surface area contributed by atoms with Crippen molar-refractivity contribution in [2.75, 3.05) is 19.5 Å². The lowest BCUT2D eigenvalue weighted by molar-refractivity contribution is 0.102. The third-order valence-electron chi connectivity index (χ3n) is 3.53. The molecule has 1 amide bonds. The van der Waals surface area contributed by atoms with E-state index in [0.29, 0.717) is 23.1 Å². The van der Waals surface area contributed by atoms with Crippen LogP contribution in [0.1, 0.15) is 20.9 Å². The number of ether oxygens (including phenoxy) is 2. The zero-order valence-corrected chi connectivity index (χ0v) is 14.9. The number of aromatic nitrogens is 3. The number of hydrogen-bond donors (Lipinski definition) is 2. The van der Waals surface area contributed by atoms with Gasteiger partial charge in [0.25, 0.3) is 5.91 Å². The number of nitrogens with zero attached hydrogens (tertiary/aromatic N) is 2. The maximum Gasteiger partial charge on any atom is 0.257 e. The summed E-state index contributed by atoms with van der Waals surface area (Å²) in [4.78, 5) is 25.9. The third-order valence-corrected chi connectivity index (χ3v) is 4.37. The first-order valence-corrected chi connectivity index (χ1v) is 8.44. The van der Waals surface area contributed by atoms with Crippen LogP contribution in [-0.2, 0) is 6.42 Å². The summed E-state index contributed by atoms with van der Waals surface area (Å²) in [5.74, 6) is 0.876. The lowest BCUT2D eigenvalue weighted by Gasteiger charge is -2.08. The van der Waals surface area contributed by atoms with Crippen LogP contribution in [0.4, 0.5) is 5.13 Å². The van der Waals surface area contributed by atoms with Gasteiger partial charge in [-0.3, -0.25) is 14.9 Å². The van der Waals surface area contributed by atoms with Crippen LogP contribution >= 0.6 is 11.3 Å². The molecule has 3 aromatic rings. The molecule has 0 unspecified atom stereocenters. The number of benzene rings is 1. The quantitative estimate of drug-likeness (QED) is 0.686. The molecule has 9 heteroatoms. The molecule has 26 heavy (non-hydrogen) atoms. The number of hydrogen-bond acceptors (Lipinski definition) is 7. The molecule has 0 bridgehead atoms. The van der Waals surface area contributed by atoms with E-state index < -0.39 is 5.91 Å². The first-order chi connectivity index (χ1) is 12.6. The summed E-state index contributed by atoms with van der Waals surface area (Å²) >= 11 is 1.27. The highest BCUT2D eigenvalue weighted by molar-refractivity contribution is 7.15. The monoisotopic (exact) mass is 372 g/mol. The lowest BCUT2D eigenvalue weighted by atomic mass is 10.1. The summed E-state index contributed by atoms with van der Waals surface area (Å²) in [6.45, 7) is 0. The van der Waals surface area contributed by atoms with E-state index in [2.05, 4.69) is 20.5 Å². The van der Waals surface area contributed by atoms with Gasteiger partial charge in [0.05, 0.1) is 14.2 Å². The Bertz CT molecular complexity index is 983. The van der Waals surface area contributed by atoms with Crippen LogP contribution in [0, 0.1) is 0 Å². The molecular weight excluding hydrogens is 356 g/mol. The van der Waals surface area contributed by atoms with Crippen LogP contribution < -0.4 is 20.3 Å². The number of carbonyl (C=O) groups excluding carboxylic acids is 1. The van der Waals surface area contributed by atoms with Gasteiger partial charge in [0.2, 0.25) is 10.7 Å². The van der Waals surface area contributed by atoms with Gasteiger partial charge in [-0.15, -0.1) is 10.2 Å². The number of anilines is 1. The van der Waals surface area contributed by atoms with Crippen molar-refractivity contribution < 1.29 is 14.3 Å². The molecule has 2 N–H and O–H groups in total. The SMILES string of the molecule is COc1ccc(Cc2nnc(NC(=O)c3cc[nH]c(=O)c3)s2)cc1OC. The molecule has 2 heterocycles. The zero-order chi connectivity index (χ0) is 18.5. The molecule has 8 nitrogen and oxygen atoms in total. The maximum atomic E-state index is 12.1. The number of amides is 1. The number of carbonyl (C=O) groups is 1. The fraction of sp³-hybridized carbons (Fsp3) is 0.176. The highest BCUT2D eigenvalue weighted by atomic mass is 32.1. The normalized spacial score (nSPS) is 10.4. The van der Waals surface area contributed by atoms with E-state index in [-0.39, 0.29) is 11.1 Å². The molecule has 0 atom stereocenters. The van der Waals surface area contributed by atoms with Crippen LogP contribution in [0.15, 0.2) is 41.3 Å². The van der Waals surface area contributed by atoms with Crippen molar-refractivity contribution >= 4 is 22.4 Å². The van der Waals surface area contributed by atoms with E-state index in [1.54, 1.807) is 14.2 Å². The van der Waals surface area contributed by atoms with E-state index in [4.69, 9.17) is 9.47 Å². The maximum absolute atomic E-state index is 12.1. The van der Waals surface area contributed by atoms with E-state index in [1.807, 2.05) is 18.2 Å². The third kappa shape index (κ3) is 4.06. The van der Waals surface area contributed by atoms with Gasteiger partial charge in [-0.05, 0) is 23.8 Å². The van der Waals surface area contributed by atoms with Gasteiger partial charge < -0.3 is 14.5 Å². The number of rotatable bonds is 6. The second-order valence-electron chi connectivity index (χ2n) is 5.26. The first kappa shape index (κ1) is 17.6. The zero-order valence-electron chi connectivity index (χ0n) is 14.1. The molecule has 0 radical (unpaired) electrons. The summed E-state index contributed by atoms with van der Waals surface area (Å²) in [7, 11) is 3.16. The van der Waals surface area contributed by atoms with Gasteiger partial charge in [-0.1, -0.05) is 17.4 Å². The molecule has 1 aromatic carbocycles. The Labute approximate surface area is 152 Å². The van der Waals surface area contributed by atoms with Crippen molar-refractivity contribution in [2.45, 2.75) is 6.42 Å². The molecule has 0 aliphatic carbocycles. The van der Waals surface area contributed by atoms with E-state index in [1.165, 1.54) is 29.7 Å². The lowest BCUT2D eigenvalue weighted by Crippen LogP contribution is -2.15. The summed E-state index contributed by atoms with van der Waals surface area (Å²) in [5.41, 5.74) is 0.890. The highest BCUT2D eigenvalue weighted by Crippen LogP contribution is 2.29. The molecular formula is C17H16N4O4S. The number of methoxy groups -OCH3 is 2. The number of H-pyrrole nitrogens is 1. The van der Waals surface area contributed by atoms with E-state index in [0.717, 1.165) is 10.6 Å². The van der Waals surface area contributed by atoms with Crippen molar-refractivity contribution in [1.82, 2.24) is 15.2 Å². The van der Waals surface area contributed by atoms with Gasteiger partial charge in [0.15, 0.2) is 11.5 Å². The van der Waals surface area contributed by atoms with Gasteiger partial charge in [0.1, 0.15) is 5.01 Å². The summed E-state index contributed by atoms with van der Waals surface area (Å²) < 4.78 is 10.5. The fourth-order valence-electron chi connectivity index (χ4n) is 2.30. The summed E-state index contributed by atoms with van der Waals surface area (Å²) in [6.07, 6.45) is 1.96. The number of nitrogens with one attached hydrogen (secondary N) is 2. The second kappa shape index (κ2) is 7.79. The second-order valence-corrected chi connectivity index (χ2v) is 6.32. The first-order valence-electron chi connectivity index (χ1n) is 7.62. The minimum absolute atomic E-state index is 0.255. The molecule has 134 valence electrons. The largest absolute Gasteiger partial charge is 0.493 e. The van der Waals surface area contributed by atoms with Gasteiger partial charge >= 0.3 is 0 Å². The number of pyridine rings is 1. The Kier molecular flexibility index (Phi) is 5.28. The Balaban J connectivity index is 1.70. The molecule has 0 spiro atoms. The molecule has 2 aromatic heterocycles. The molecule has 3 rings (SSSR count). The van der Waals surface area contributed by atoms with Gasteiger partial charge in [0, 0.05) is 24.2 Å². The average Bonchev–Trinajstić information content (AvgIpc) is 3.08. The minimum Gasteiger partial charge on any atom is -0.493 e. The Morgan fingerprint density at radius 2 is 1.96 bits per heavy atom. The molecule has 0 aliphatic heterocycles. The van der Waals surface area contributed by atoms with Crippen LogP contribution in [-0.4, -0.2) is 35.3 Å². The van der Waals surface area contributed by atoms with Crippen LogP contribution in [0.2, 0.25) is 0 Å². The van der Waals surface area contributed by atoms with Crippen molar-refractivity contribution in [1.29, 1.82) is 0 Å². The number of aromatic amines is 1. The molecule has 0 saturated heterocycles. The van der Waals surface area contributed by atoms with Crippen molar-refractivity contribution in [3.63, 3.8) is 0 Å². The van der Waals surface area contributed by atoms with Crippen LogP contribution in [0.25, 0.3) is 0 Å². The Morgan fingerprint density at radius 1 is 1.15 bits per heavy atom. The smallest absolute Gasteiger partial charge is 0.257 e. The van der Waals surface area contributed by atoms with Gasteiger partial charge in [-0.25, -0.2) is 0 Å². The van der Waals surface area contributed by atoms with Gasteiger partial charge in [-0.2, -0.15) is 0 Å². The van der Waals surface area contributed by atoms with E-state index in [9.17, 15) is 9.59 Å². The topological polar surface area (TPSA) is 106 Å². The predicted octanol–water partition coefficient (Wildman–Crippen LogP) is 2.09. The Morgan fingerprint density at radius 3 is 2.69 bits per heavy atom. The fourth-order valence-corrected chi connectivity index (χ4v) is 3.06. The van der Waals surface area contributed by atoms with Crippen molar-refractivity contribution in [3.8, 4) is 11.5 Å². The highest BCUT2D eigenvalue weighted by Gasteiger charge is 2.12. The average molecular weight is 372 g/mol. The molecule has 0 fully saturated rings. The summed E-state index contributed by atoms with van der Waals surface area (Å²) in [5, 5.41) is 11.8. The van der Waals surface area contributed by atoms with Crippen LogP contribution in [0.3, 0.4) is 0 Å². The minimum atomic E-state index is -0.412. The predicted molar refractivity (Wildman–Crippen MR) is 97.3 cm³/mol. The molecule has 0 saturated carbocycles.